The minimum atomic E-state index is -3.69. The summed E-state index contributed by atoms with van der Waals surface area (Å²) >= 11 is 0. The third-order valence-electron chi connectivity index (χ3n) is 5.46. The van der Waals surface area contributed by atoms with E-state index in [4.69, 9.17) is 4.74 Å². The molecule has 0 saturated carbocycles. The highest BCUT2D eigenvalue weighted by Gasteiger charge is 2.42. The number of methoxy groups -OCH3 is 1. The Balaban J connectivity index is 2.22. The second-order valence-corrected chi connectivity index (χ2v) is 9.24. The number of ketones is 1. The van der Waals surface area contributed by atoms with Crippen molar-refractivity contribution in [2.24, 2.45) is 0 Å². The lowest BCUT2D eigenvalue weighted by Crippen LogP contribution is -2.44. The fourth-order valence-electron chi connectivity index (χ4n) is 3.85. The van der Waals surface area contributed by atoms with Crippen LogP contribution in [-0.2, 0) is 14.6 Å². The lowest BCUT2D eigenvalue weighted by molar-refractivity contribution is -0.118. The van der Waals surface area contributed by atoms with Gasteiger partial charge in [0.2, 0.25) is 0 Å². The summed E-state index contributed by atoms with van der Waals surface area (Å²) in [6, 6.07) is 14.2. The highest BCUT2D eigenvalue weighted by Crippen LogP contribution is 2.38. The SMILES string of the molecule is CCC(=O)C[C@@H]1[C@@H](CC)NC(c2ccccc2)c2cc(OC)ccc2S1(=O)=O. The Morgan fingerprint density at radius 1 is 1.11 bits per heavy atom. The standard InChI is InChI=1S/C22H27NO4S/c1-4-16(24)13-21-19(5-2)23-22(15-9-7-6-8-10-15)18-14-17(27-3)11-12-20(18)28(21,25)26/h6-12,14,19,21-23H,4-5,13H2,1-3H3/t19-,21-,22?/m1/s1. The first-order chi connectivity index (χ1) is 13.4. The normalized spacial score (nSPS) is 23.5. The maximum Gasteiger partial charge on any atom is 0.183 e. The van der Waals surface area contributed by atoms with E-state index in [9.17, 15) is 13.2 Å². The summed E-state index contributed by atoms with van der Waals surface area (Å²) in [5.41, 5.74) is 1.64. The van der Waals surface area contributed by atoms with E-state index in [1.807, 2.05) is 37.3 Å². The van der Waals surface area contributed by atoms with Gasteiger partial charge in [-0.05, 0) is 35.7 Å². The summed E-state index contributed by atoms with van der Waals surface area (Å²) in [6.45, 7) is 3.72. The van der Waals surface area contributed by atoms with E-state index in [0.717, 1.165) is 5.56 Å². The van der Waals surface area contributed by atoms with Gasteiger partial charge in [0, 0.05) is 18.9 Å². The van der Waals surface area contributed by atoms with Crippen LogP contribution in [0.15, 0.2) is 53.4 Å². The summed E-state index contributed by atoms with van der Waals surface area (Å²) in [6.07, 6.45) is 0.965. The van der Waals surface area contributed by atoms with Crippen LogP contribution in [0.3, 0.4) is 0 Å². The van der Waals surface area contributed by atoms with Gasteiger partial charge in [-0.25, -0.2) is 8.42 Å². The second kappa shape index (κ2) is 8.45. The number of benzene rings is 2. The zero-order chi connectivity index (χ0) is 20.3. The van der Waals surface area contributed by atoms with Gasteiger partial charge in [0.05, 0.1) is 23.3 Å². The molecule has 28 heavy (non-hydrogen) atoms. The smallest absolute Gasteiger partial charge is 0.183 e. The lowest BCUT2D eigenvalue weighted by Gasteiger charge is -2.27. The number of rotatable bonds is 6. The Bertz CT molecular complexity index is 940. The Morgan fingerprint density at radius 2 is 1.82 bits per heavy atom. The topological polar surface area (TPSA) is 72.5 Å². The molecule has 1 N–H and O–H groups in total. The van der Waals surface area contributed by atoms with E-state index in [0.29, 0.717) is 24.2 Å². The second-order valence-electron chi connectivity index (χ2n) is 7.11. The molecule has 0 fully saturated rings. The van der Waals surface area contributed by atoms with Crippen molar-refractivity contribution >= 4 is 15.6 Å². The molecule has 150 valence electrons. The average molecular weight is 402 g/mol. The molecule has 0 aromatic heterocycles. The summed E-state index contributed by atoms with van der Waals surface area (Å²) in [7, 11) is -2.13. The lowest BCUT2D eigenvalue weighted by atomic mass is 9.96. The van der Waals surface area contributed by atoms with Gasteiger partial charge >= 0.3 is 0 Å². The van der Waals surface area contributed by atoms with E-state index in [-0.39, 0.29) is 29.2 Å². The van der Waals surface area contributed by atoms with Crippen molar-refractivity contribution in [3.63, 3.8) is 0 Å². The Hall–Kier alpha value is -2.18. The van der Waals surface area contributed by atoms with E-state index in [1.165, 1.54) is 0 Å². The van der Waals surface area contributed by atoms with Crippen LogP contribution >= 0.6 is 0 Å². The zero-order valence-corrected chi connectivity index (χ0v) is 17.3. The van der Waals surface area contributed by atoms with Crippen LogP contribution in [0.25, 0.3) is 0 Å². The van der Waals surface area contributed by atoms with Crippen LogP contribution in [-0.4, -0.2) is 32.6 Å². The van der Waals surface area contributed by atoms with Gasteiger partial charge in [-0.1, -0.05) is 44.2 Å². The van der Waals surface area contributed by atoms with E-state index < -0.39 is 15.1 Å². The first-order valence-corrected chi connectivity index (χ1v) is 11.2. The number of sulfone groups is 1. The zero-order valence-electron chi connectivity index (χ0n) is 16.5. The quantitative estimate of drug-likeness (QED) is 0.799. The molecule has 3 atom stereocenters. The number of hydrogen-bond donors (Lipinski definition) is 1. The van der Waals surface area contributed by atoms with E-state index in [1.54, 1.807) is 32.2 Å². The number of carbonyl (C=O) groups excluding carboxylic acids is 1. The molecule has 1 aliphatic heterocycles. The first kappa shape index (κ1) is 20.6. The molecule has 2 aromatic rings. The van der Waals surface area contributed by atoms with Crippen LogP contribution < -0.4 is 10.1 Å². The largest absolute Gasteiger partial charge is 0.497 e. The van der Waals surface area contributed by atoms with Crippen molar-refractivity contribution in [2.45, 2.75) is 55.3 Å². The highest BCUT2D eigenvalue weighted by atomic mass is 32.2. The Kier molecular flexibility index (Phi) is 6.20. The molecule has 0 spiro atoms. The molecule has 0 aliphatic carbocycles. The molecule has 5 nitrogen and oxygen atoms in total. The summed E-state index contributed by atoms with van der Waals surface area (Å²) in [5.74, 6) is 0.565. The maximum absolute atomic E-state index is 13.6. The van der Waals surface area contributed by atoms with Crippen molar-refractivity contribution in [2.75, 3.05) is 7.11 Å². The van der Waals surface area contributed by atoms with Crippen LogP contribution in [0.2, 0.25) is 0 Å². The van der Waals surface area contributed by atoms with Crippen molar-refractivity contribution in [1.82, 2.24) is 5.32 Å². The monoisotopic (exact) mass is 401 g/mol. The predicted molar refractivity (Wildman–Crippen MR) is 109 cm³/mol. The van der Waals surface area contributed by atoms with Crippen molar-refractivity contribution in [3.8, 4) is 5.75 Å². The van der Waals surface area contributed by atoms with Crippen LogP contribution in [0, 0.1) is 0 Å². The summed E-state index contributed by atoms with van der Waals surface area (Å²) in [4.78, 5) is 12.5. The number of hydrogen-bond acceptors (Lipinski definition) is 5. The molecule has 2 aromatic carbocycles. The van der Waals surface area contributed by atoms with Gasteiger partial charge in [-0.15, -0.1) is 0 Å². The molecule has 1 unspecified atom stereocenters. The van der Waals surface area contributed by atoms with E-state index in [2.05, 4.69) is 5.32 Å². The molecular weight excluding hydrogens is 374 g/mol. The van der Waals surface area contributed by atoms with Gasteiger partial charge in [0.25, 0.3) is 0 Å². The Labute approximate surface area is 167 Å². The molecular formula is C22H27NO4S. The van der Waals surface area contributed by atoms with Gasteiger partial charge in [0.1, 0.15) is 11.5 Å². The molecule has 0 saturated heterocycles. The number of nitrogens with one attached hydrogen (secondary N) is 1. The molecule has 1 aliphatic rings. The number of fused-ring (bicyclic) bond motifs is 1. The van der Waals surface area contributed by atoms with Gasteiger partial charge in [-0.3, -0.25) is 4.79 Å². The minimum Gasteiger partial charge on any atom is -0.497 e. The molecule has 3 rings (SSSR count). The fourth-order valence-corrected chi connectivity index (χ4v) is 6.05. The van der Waals surface area contributed by atoms with Crippen LogP contribution in [0.1, 0.15) is 50.3 Å². The van der Waals surface area contributed by atoms with Crippen LogP contribution in [0.5, 0.6) is 5.75 Å². The van der Waals surface area contributed by atoms with Gasteiger partial charge in [0.15, 0.2) is 9.84 Å². The number of Topliss-reactive ketones (excluding diaryl/α,β-unsaturated/α-hetero) is 1. The van der Waals surface area contributed by atoms with Crippen molar-refractivity contribution in [3.05, 3.63) is 59.7 Å². The van der Waals surface area contributed by atoms with Gasteiger partial charge < -0.3 is 10.1 Å². The maximum atomic E-state index is 13.6. The third kappa shape index (κ3) is 3.84. The third-order valence-corrected chi connectivity index (χ3v) is 7.74. The predicted octanol–water partition coefficient (Wildman–Crippen LogP) is 3.68. The molecule has 0 bridgehead atoms. The fraction of sp³-hybridized carbons (Fsp3) is 0.409. The van der Waals surface area contributed by atoms with Gasteiger partial charge in [-0.2, -0.15) is 0 Å². The summed E-state index contributed by atoms with van der Waals surface area (Å²) in [5, 5.41) is 2.75. The molecule has 0 amide bonds. The minimum absolute atomic E-state index is 0.0251. The number of carbonyl (C=O) groups is 1. The number of ether oxygens (including phenoxy) is 1. The van der Waals surface area contributed by atoms with E-state index >= 15 is 0 Å². The van der Waals surface area contributed by atoms with Crippen molar-refractivity contribution in [1.29, 1.82) is 0 Å². The molecule has 6 heteroatoms. The Morgan fingerprint density at radius 3 is 2.43 bits per heavy atom. The molecule has 1 heterocycles. The molecule has 0 radical (unpaired) electrons. The first-order valence-electron chi connectivity index (χ1n) is 9.66. The van der Waals surface area contributed by atoms with Crippen LogP contribution in [0.4, 0.5) is 0 Å². The summed E-state index contributed by atoms with van der Waals surface area (Å²) < 4.78 is 32.5. The highest BCUT2D eigenvalue weighted by molar-refractivity contribution is 7.92. The van der Waals surface area contributed by atoms with Crippen molar-refractivity contribution < 1.29 is 17.9 Å². The average Bonchev–Trinajstić information content (AvgIpc) is 2.81.